The minimum atomic E-state index is 0.648. The minimum absolute atomic E-state index is 0.648. The normalized spacial score (nSPS) is 22.5. The maximum absolute atomic E-state index is 5.96. The number of rotatable bonds is 7. The molecule has 1 aromatic carbocycles. The third-order valence-corrected chi connectivity index (χ3v) is 4.72. The van der Waals surface area contributed by atoms with Crippen LogP contribution in [0.1, 0.15) is 38.2 Å². The van der Waals surface area contributed by atoms with Crippen molar-refractivity contribution in [1.82, 2.24) is 4.90 Å². The Balaban J connectivity index is 1.82. The fraction of sp³-hybridized carbons (Fsp3) is 0.667. The van der Waals surface area contributed by atoms with Crippen LogP contribution >= 0.6 is 0 Å². The fourth-order valence-corrected chi connectivity index (χ4v) is 3.42. The van der Waals surface area contributed by atoms with E-state index in [0.29, 0.717) is 12.0 Å². The van der Waals surface area contributed by atoms with Crippen molar-refractivity contribution in [2.75, 3.05) is 26.2 Å². The Kier molecular flexibility index (Phi) is 6.52. The van der Waals surface area contributed by atoms with E-state index >= 15 is 0 Å². The summed E-state index contributed by atoms with van der Waals surface area (Å²) in [7, 11) is 0. The molecule has 1 saturated carbocycles. The third-order valence-electron chi connectivity index (χ3n) is 4.72. The molecule has 0 spiro atoms. The van der Waals surface area contributed by atoms with Gasteiger partial charge in [0.05, 0.1) is 0 Å². The van der Waals surface area contributed by atoms with Gasteiger partial charge < -0.3 is 10.5 Å². The molecule has 118 valence electrons. The highest BCUT2D eigenvalue weighted by molar-refractivity contribution is 5.26. The van der Waals surface area contributed by atoms with E-state index in [2.05, 4.69) is 43.0 Å². The molecule has 0 aromatic heterocycles. The molecule has 3 nitrogen and oxygen atoms in total. The number of hydrogen-bond acceptors (Lipinski definition) is 3. The first-order valence-electron chi connectivity index (χ1n) is 8.38. The molecule has 1 fully saturated rings. The second-order valence-corrected chi connectivity index (χ2v) is 6.14. The van der Waals surface area contributed by atoms with Gasteiger partial charge >= 0.3 is 0 Å². The largest absolute Gasteiger partial charge is 0.492 e. The zero-order valence-electron chi connectivity index (χ0n) is 13.6. The molecular formula is C18H30N2O. The average molecular weight is 290 g/mol. The molecule has 21 heavy (non-hydrogen) atoms. The molecule has 0 saturated heterocycles. The van der Waals surface area contributed by atoms with Gasteiger partial charge in [0.1, 0.15) is 12.4 Å². The SMILES string of the molecule is CCN(CCOc1ccc(C)cc1)C1CCCCC1CN. The molecule has 0 amide bonds. The topological polar surface area (TPSA) is 38.5 Å². The molecule has 2 unspecified atom stereocenters. The molecule has 1 aliphatic carbocycles. The molecule has 2 rings (SSSR count). The summed E-state index contributed by atoms with van der Waals surface area (Å²) in [5.41, 5.74) is 7.23. The lowest BCUT2D eigenvalue weighted by Crippen LogP contribution is -2.46. The van der Waals surface area contributed by atoms with Crippen molar-refractivity contribution in [3.05, 3.63) is 29.8 Å². The highest BCUT2D eigenvalue weighted by Crippen LogP contribution is 2.27. The standard InChI is InChI=1S/C18H30N2O/c1-3-20(18-7-5-4-6-16(18)14-19)12-13-21-17-10-8-15(2)9-11-17/h8-11,16,18H,3-7,12-14,19H2,1-2H3. The molecule has 0 radical (unpaired) electrons. The molecule has 0 bridgehead atoms. The van der Waals surface area contributed by atoms with Crippen LogP contribution in [0.4, 0.5) is 0 Å². The van der Waals surface area contributed by atoms with Gasteiger partial charge in [0, 0.05) is 12.6 Å². The Hall–Kier alpha value is -1.06. The highest BCUT2D eigenvalue weighted by atomic mass is 16.5. The van der Waals surface area contributed by atoms with Crippen molar-refractivity contribution in [3.8, 4) is 5.75 Å². The van der Waals surface area contributed by atoms with E-state index in [1.54, 1.807) is 0 Å². The van der Waals surface area contributed by atoms with Crippen molar-refractivity contribution < 1.29 is 4.74 Å². The predicted octanol–water partition coefficient (Wildman–Crippen LogP) is 3.21. The Morgan fingerprint density at radius 3 is 2.57 bits per heavy atom. The van der Waals surface area contributed by atoms with Crippen LogP contribution in [0.3, 0.4) is 0 Å². The monoisotopic (exact) mass is 290 g/mol. The van der Waals surface area contributed by atoms with Gasteiger partial charge in [-0.25, -0.2) is 0 Å². The van der Waals surface area contributed by atoms with Crippen molar-refractivity contribution in [1.29, 1.82) is 0 Å². The van der Waals surface area contributed by atoms with Crippen LogP contribution in [-0.4, -0.2) is 37.2 Å². The van der Waals surface area contributed by atoms with Crippen LogP contribution in [0.5, 0.6) is 5.75 Å². The lowest BCUT2D eigenvalue weighted by Gasteiger charge is -2.39. The van der Waals surface area contributed by atoms with Gasteiger partial charge in [0.25, 0.3) is 0 Å². The first-order valence-corrected chi connectivity index (χ1v) is 8.38. The first kappa shape index (κ1) is 16.3. The van der Waals surface area contributed by atoms with Crippen LogP contribution in [-0.2, 0) is 0 Å². The molecule has 2 N–H and O–H groups in total. The van der Waals surface area contributed by atoms with Crippen LogP contribution in [0.25, 0.3) is 0 Å². The number of benzene rings is 1. The van der Waals surface area contributed by atoms with Crippen molar-refractivity contribution in [2.45, 2.75) is 45.6 Å². The number of nitrogens with two attached hydrogens (primary N) is 1. The van der Waals surface area contributed by atoms with Gasteiger partial charge in [0.2, 0.25) is 0 Å². The minimum Gasteiger partial charge on any atom is -0.492 e. The number of likely N-dealkylation sites (N-methyl/N-ethyl adjacent to an activating group) is 1. The molecular weight excluding hydrogens is 260 g/mol. The van der Waals surface area contributed by atoms with E-state index < -0.39 is 0 Å². The van der Waals surface area contributed by atoms with Gasteiger partial charge in [-0.15, -0.1) is 0 Å². The first-order chi connectivity index (χ1) is 10.2. The highest BCUT2D eigenvalue weighted by Gasteiger charge is 2.28. The number of aryl methyl sites for hydroxylation is 1. The van der Waals surface area contributed by atoms with Crippen LogP contribution in [0, 0.1) is 12.8 Å². The zero-order chi connectivity index (χ0) is 15.1. The molecule has 1 aliphatic rings. The van der Waals surface area contributed by atoms with Crippen molar-refractivity contribution in [3.63, 3.8) is 0 Å². The maximum Gasteiger partial charge on any atom is 0.119 e. The molecule has 0 aliphatic heterocycles. The second-order valence-electron chi connectivity index (χ2n) is 6.14. The number of ether oxygens (including phenoxy) is 1. The van der Waals surface area contributed by atoms with E-state index in [0.717, 1.165) is 32.0 Å². The van der Waals surface area contributed by atoms with Crippen molar-refractivity contribution in [2.24, 2.45) is 11.7 Å². The van der Waals surface area contributed by atoms with E-state index in [4.69, 9.17) is 10.5 Å². The average Bonchev–Trinajstić information content (AvgIpc) is 2.53. The summed E-state index contributed by atoms with van der Waals surface area (Å²) >= 11 is 0. The summed E-state index contributed by atoms with van der Waals surface area (Å²) in [5, 5.41) is 0. The van der Waals surface area contributed by atoms with E-state index in [1.807, 2.05) is 0 Å². The third kappa shape index (κ3) is 4.72. The Labute approximate surface area is 129 Å². The lowest BCUT2D eigenvalue weighted by atomic mass is 9.83. The quantitative estimate of drug-likeness (QED) is 0.838. The van der Waals surface area contributed by atoms with Gasteiger partial charge in [-0.3, -0.25) is 4.90 Å². The van der Waals surface area contributed by atoms with Crippen LogP contribution in [0.15, 0.2) is 24.3 Å². The molecule has 3 heteroatoms. The smallest absolute Gasteiger partial charge is 0.119 e. The second kappa shape index (κ2) is 8.40. The number of nitrogens with zero attached hydrogens (tertiary/aromatic N) is 1. The van der Waals surface area contributed by atoms with Crippen LogP contribution in [0.2, 0.25) is 0 Å². The molecule has 2 atom stereocenters. The van der Waals surface area contributed by atoms with Gasteiger partial charge in [-0.1, -0.05) is 37.5 Å². The number of hydrogen-bond donors (Lipinski definition) is 1. The maximum atomic E-state index is 5.96. The Morgan fingerprint density at radius 1 is 1.19 bits per heavy atom. The van der Waals surface area contributed by atoms with Gasteiger partial charge in [-0.2, -0.15) is 0 Å². The molecule has 0 heterocycles. The summed E-state index contributed by atoms with van der Waals surface area (Å²) in [6.07, 6.45) is 5.27. The van der Waals surface area contributed by atoms with E-state index in [-0.39, 0.29) is 0 Å². The summed E-state index contributed by atoms with van der Waals surface area (Å²) in [4.78, 5) is 2.56. The van der Waals surface area contributed by atoms with Gasteiger partial charge in [0.15, 0.2) is 0 Å². The van der Waals surface area contributed by atoms with Crippen LogP contribution < -0.4 is 10.5 Å². The summed E-state index contributed by atoms with van der Waals surface area (Å²) in [6.45, 7) is 7.99. The van der Waals surface area contributed by atoms with E-state index in [9.17, 15) is 0 Å². The lowest BCUT2D eigenvalue weighted by molar-refractivity contribution is 0.0958. The summed E-state index contributed by atoms with van der Waals surface area (Å²) < 4.78 is 5.88. The van der Waals surface area contributed by atoms with E-state index in [1.165, 1.54) is 31.2 Å². The molecule has 1 aromatic rings. The van der Waals surface area contributed by atoms with Crippen molar-refractivity contribution >= 4 is 0 Å². The fourth-order valence-electron chi connectivity index (χ4n) is 3.42. The Bertz CT molecular complexity index is 404. The predicted molar refractivity (Wildman–Crippen MR) is 88.7 cm³/mol. The summed E-state index contributed by atoms with van der Waals surface area (Å²) in [5.74, 6) is 1.63. The van der Waals surface area contributed by atoms with Gasteiger partial charge in [-0.05, 0) is 50.9 Å². The summed E-state index contributed by atoms with van der Waals surface area (Å²) in [6, 6.07) is 8.94. The zero-order valence-corrected chi connectivity index (χ0v) is 13.6. The Morgan fingerprint density at radius 2 is 1.90 bits per heavy atom.